The number of hydrogen-bond acceptors (Lipinski definition) is 9. The molecule has 310 valence electrons. The highest BCUT2D eigenvalue weighted by Gasteiger charge is 2.34. The number of methoxy groups -OCH3 is 1. The summed E-state index contributed by atoms with van der Waals surface area (Å²) in [5.41, 5.74) is 3.01. The summed E-state index contributed by atoms with van der Waals surface area (Å²) in [6.07, 6.45) is -6.72. The van der Waals surface area contributed by atoms with Crippen LogP contribution in [0.5, 0.6) is 5.75 Å². The zero-order chi connectivity index (χ0) is 43.2. The summed E-state index contributed by atoms with van der Waals surface area (Å²) in [6, 6.07) is 32.1. The standard InChI is InChI=1S/C45H42F3N5O7/c1-27-5-9-29(10-6-27)30-13-15-32(16-14-30)41-50-40(52-60-41)31-11-7-28(8-12-31)25-53(26-39(55)51-44(2,3)43(57)58)42(56)33-17-20-35(21-18-33)49-38(54)23-34-19-22-36(59-4)24-37(34)45(46,47)48/h5-22,24,39,51,55H,23,25-26H2,1-4H3,(H,49,54)(H,57,58). The molecule has 0 saturated heterocycles. The van der Waals surface area contributed by atoms with Crippen molar-refractivity contribution in [3.63, 3.8) is 0 Å². The molecule has 0 aliphatic carbocycles. The van der Waals surface area contributed by atoms with Gasteiger partial charge in [-0.15, -0.1) is 0 Å². The summed E-state index contributed by atoms with van der Waals surface area (Å²) >= 11 is 0. The lowest BCUT2D eigenvalue weighted by Crippen LogP contribution is -2.55. The van der Waals surface area contributed by atoms with Crippen molar-refractivity contribution in [2.75, 3.05) is 19.0 Å². The molecule has 1 unspecified atom stereocenters. The first kappa shape index (κ1) is 42.8. The number of halogens is 3. The molecule has 6 rings (SSSR count). The molecule has 6 aromatic rings. The minimum Gasteiger partial charge on any atom is -0.497 e. The van der Waals surface area contributed by atoms with Gasteiger partial charge in [0, 0.05) is 28.9 Å². The van der Waals surface area contributed by atoms with Crippen molar-refractivity contribution in [1.82, 2.24) is 20.4 Å². The predicted octanol–water partition coefficient (Wildman–Crippen LogP) is 8.00. The summed E-state index contributed by atoms with van der Waals surface area (Å²) in [5, 5.41) is 29.8. The average Bonchev–Trinajstić information content (AvgIpc) is 3.71. The second-order valence-corrected chi connectivity index (χ2v) is 14.7. The number of carbonyl (C=O) groups is 3. The van der Waals surface area contributed by atoms with Crippen LogP contribution < -0.4 is 15.4 Å². The number of benzene rings is 5. The number of aromatic nitrogens is 2. The van der Waals surface area contributed by atoms with E-state index in [0.29, 0.717) is 22.8 Å². The first-order valence-electron chi connectivity index (χ1n) is 18.7. The van der Waals surface area contributed by atoms with Gasteiger partial charge in [-0.3, -0.25) is 19.7 Å². The highest BCUT2D eigenvalue weighted by Crippen LogP contribution is 2.35. The van der Waals surface area contributed by atoms with Gasteiger partial charge < -0.3 is 29.7 Å². The first-order valence-corrected chi connectivity index (χ1v) is 18.7. The number of alkyl halides is 3. The molecular weight excluding hydrogens is 780 g/mol. The molecule has 0 radical (unpaired) electrons. The van der Waals surface area contributed by atoms with Gasteiger partial charge in [0.25, 0.3) is 11.8 Å². The minimum atomic E-state index is -4.71. The Morgan fingerprint density at radius 2 is 1.43 bits per heavy atom. The Hall–Kier alpha value is -6.84. The fourth-order valence-electron chi connectivity index (χ4n) is 6.30. The van der Waals surface area contributed by atoms with Crippen molar-refractivity contribution in [2.24, 2.45) is 0 Å². The molecule has 1 heterocycles. The lowest BCUT2D eigenvalue weighted by Gasteiger charge is -2.30. The largest absolute Gasteiger partial charge is 0.497 e. The van der Waals surface area contributed by atoms with Gasteiger partial charge in [-0.05, 0) is 91.6 Å². The lowest BCUT2D eigenvalue weighted by molar-refractivity contribution is -0.145. The normalized spacial score (nSPS) is 12.1. The van der Waals surface area contributed by atoms with Crippen LogP contribution in [-0.4, -0.2) is 68.5 Å². The van der Waals surface area contributed by atoms with Gasteiger partial charge in [0.2, 0.25) is 11.7 Å². The average molecular weight is 822 g/mol. The van der Waals surface area contributed by atoms with Gasteiger partial charge in [-0.25, -0.2) is 0 Å². The van der Waals surface area contributed by atoms with Crippen LogP contribution in [0.15, 0.2) is 120 Å². The number of aliphatic hydroxyl groups is 1. The highest BCUT2D eigenvalue weighted by molar-refractivity contribution is 5.96. The van der Waals surface area contributed by atoms with Crippen LogP contribution in [0.1, 0.15) is 46.5 Å². The summed E-state index contributed by atoms with van der Waals surface area (Å²) in [6.45, 7) is 4.47. The van der Waals surface area contributed by atoms with Crippen molar-refractivity contribution in [3.8, 4) is 39.7 Å². The Morgan fingerprint density at radius 1 is 0.833 bits per heavy atom. The number of aliphatic hydroxyl groups excluding tert-OH is 1. The highest BCUT2D eigenvalue weighted by atomic mass is 19.4. The number of nitrogens with one attached hydrogen (secondary N) is 2. The number of nitrogens with zero attached hydrogens (tertiary/aromatic N) is 3. The zero-order valence-electron chi connectivity index (χ0n) is 33.1. The zero-order valence-corrected chi connectivity index (χ0v) is 33.1. The second-order valence-electron chi connectivity index (χ2n) is 14.7. The molecule has 60 heavy (non-hydrogen) atoms. The van der Waals surface area contributed by atoms with E-state index in [0.717, 1.165) is 22.8 Å². The molecule has 15 heteroatoms. The molecule has 0 aliphatic heterocycles. The third-order valence-corrected chi connectivity index (χ3v) is 9.66. The third-order valence-electron chi connectivity index (χ3n) is 9.66. The summed E-state index contributed by atoms with van der Waals surface area (Å²) < 4.78 is 51.5. The summed E-state index contributed by atoms with van der Waals surface area (Å²) in [4.78, 5) is 44.3. The van der Waals surface area contributed by atoms with Crippen LogP contribution in [0.4, 0.5) is 18.9 Å². The number of aliphatic carboxylic acids is 1. The summed E-state index contributed by atoms with van der Waals surface area (Å²) in [5.74, 6) is -1.77. The van der Waals surface area contributed by atoms with E-state index in [-0.39, 0.29) is 35.7 Å². The number of carbonyl (C=O) groups excluding carboxylic acids is 2. The maximum Gasteiger partial charge on any atom is 0.416 e. The van der Waals surface area contributed by atoms with Crippen LogP contribution in [0, 0.1) is 6.92 Å². The molecule has 2 amide bonds. The van der Waals surface area contributed by atoms with E-state index < -0.39 is 47.7 Å². The molecule has 0 bridgehead atoms. The molecule has 12 nitrogen and oxygen atoms in total. The van der Waals surface area contributed by atoms with Crippen LogP contribution >= 0.6 is 0 Å². The van der Waals surface area contributed by atoms with E-state index in [1.165, 1.54) is 67.8 Å². The van der Waals surface area contributed by atoms with Crippen LogP contribution in [0.25, 0.3) is 34.0 Å². The van der Waals surface area contributed by atoms with E-state index in [4.69, 9.17) is 9.26 Å². The van der Waals surface area contributed by atoms with E-state index in [2.05, 4.69) is 45.0 Å². The van der Waals surface area contributed by atoms with E-state index in [1.807, 2.05) is 31.2 Å². The molecule has 0 saturated carbocycles. The number of anilines is 1. The molecule has 0 fully saturated rings. The van der Waals surface area contributed by atoms with Gasteiger partial charge in [-0.2, -0.15) is 18.2 Å². The Morgan fingerprint density at radius 3 is 2.03 bits per heavy atom. The van der Waals surface area contributed by atoms with E-state index in [1.54, 1.807) is 24.3 Å². The lowest BCUT2D eigenvalue weighted by atomic mass is 10.0. The van der Waals surface area contributed by atoms with Gasteiger partial charge in [0.15, 0.2) is 0 Å². The smallest absolute Gasteiger partial charge is 0.416 e. The van der Waals surface area contributed by atoms with Gasteiger partial charge in [0.05, 0.1) is 25.6 Å². The Balaban J connectivity index is 1.15. The monoisotopic (exact) mass is 821 g/mol. The van der Waals surface area contributed by atoms with E-state index in [9.17, 15) is 37.8 Å². The topological polar surface area (TPSA) is 167 Å². The van der Waals surface area contributed by atoms with Crippen molar-refractivity contribution in [1.29, 1.82) is 0 Å². The number of aryl methyl sites for hydroxylation is 1. The van der Waals surface area contributed by atoms with Gasteiger partial charge >= 0.3 is 12.1 Å². The number of amides is 2. The fourth-order valence-corrected chi connectivity index (χ4v) is 6.30. The predicted molar refractivity (Wildman–Crippen MR) is 218 cm³/mol. The molecule has 1 aromatic heterocycles. The Labute approximate surface area is 343 Å². The van der Waals surface area contributed by atoms with Crippen LogP contribution in [0.3, 0.4) is 0 Å². The molecule has 0 aliphatic rings. The van der Waals surface area contributed by atoms with Gasteiger partial charge in [-0.1, -0.05) is 77.5 Å². The molecular formula is C45H42F3N5O7. The third kappa shape index (κ3) is 10.6. The quantitative estimate of drug-likeness (QED) is 0.0746. The number of ether oxygens (including phenoxy) is 1. The molecule has 5 aromatic carbocycles. The minimum absolute atomic E-state index is 0.00134. The first-order chi connectivity index (χ1) is 28.5. The number of rotatable bonds is 15. The second kappa shape index (κ2) is 18.0. The van der Waals surface area contributed by atoms with Crippen LogP contribution in [0.2, 0.25) is 0 Å². The summed E-state index contributed by atoms with van der Waals surface area (Å²) in [7, 11) is 1.24. The van der Waals surface area contributed by atoms with Crippen molar-refractivity contribution in [2.45, 2.75) is 51.7 Å². The number of carboxylic acid groups (broad SMARTS) is 1. The van der Waals surface area contributed by atoms with E-state index >= 15 is 0 Å². The molecule has 0 spiro atoms. The Kier molecular flexibility index (Phi) is 12.8. The molecule has 1 atom stereocenters. The number of hydrogen-bond donors (Lipinski definition) is 4. The van der Waals surface area contributed by atoms with Crippen molar-refractivity contribution < 1.29 is 47.0 Å². The number of carboxylic acids is 1. The molecule has 4 N–H and O–H groups in total. The van der Waals surface area contributed by atoms with Crippen molar-refractivity contribution >= 4 is 23.5 Å². The van der Waals surface area contributed by atoms with Crippen molar-refractivity contribution in [3.05, 3.63) is 143 Å². The Bertz CT molecular complexity index is 2450. The fraction of sp³-hybridized carbons (Fsp3) is 0.222. The van der Waals surface area contributed by atoms with Crippen LogP contribution in [-0.2, 0) is 28.7 Å². The van der Waals surface area contributed by atoms with Gasteiger partial charge in [0.1, 0.15) is 17.5 Å². The maximum absolute atomic E-state index is 13.9. The SMILES string of the molecule is COc1ccc(CC(=O)Nc2ccc(C(=O)N(Cc3ccc(-c4noc(-c5ccc(-c6ccc(C)cc6)cc5)n4)cc3)CC(O)NC(C)(C)C(=O)O)cc2)c(C(F)(F)F)c1. The maximum atomic E-state index is 13.9.